The number of aryl methyl sites for hydroxylation is 2. The number of nitrogens with one attached hydrogen (secondary N) is 2. The minimum atomic E-state index is -3.44. The zero-order valence-electron chi connectivity index (χ0n) is 10.5. The minimum absolute atomic E-state index is 0.288. The molecule has 1 aromatic rings. The Morgan fingerprint density at radius 3 is 2.67 bits per heavy atom. The molecule has 1 aliphatic rings. The maximum Gasteiger partial charge on any atom is 0.244 e. The number of rotatable bonds is 4. The third-order valence-electron chi connectivity index (χ3n) is 3.37. The van der Waals surface area contributed by atoms with Gasteiger partial charge < -0.3 is 0 Å². The van der Waals surface area contributed by atoms with Gasteiger partial charge in [-0.25, -0.2) is 13.1 Å². The van der Waals surface area contributed by atoms with Gasteiger partial charge in [-0.2, -0.15) is 5.10 Å². The first-order chi connectivity index (χ1) is 8.40. The fourth-order valence-corrected chi connectivity index (χ4v) is 4.71. The lowest BCUT2D eigenvalue weighted by atomic mass is 10.1. The van der Waals surface area contributed by atoms with Crippen LogP contribution in [-0.4, -0.2) is 30.0 Å². The molecule has 0 amide bonds. The van der Waals surface area contributed by atoms with Crippen LogP contribution in [0.3, 0.4) is 0 Å². The average molecular weight is 336 g/mol. The predicted octanol–water partition coefficient (Wildman–Crippen LogP) is 1.87. The largest absolute Gasteiger partial charge is 0.281 e. The monoisotopic (exact) mass is 335 g/mol. The molecule has 7 heteroatoms. The Bertz CT molecular complexity index is 507. The number of aromatic nitrogens is 2. The van der Waals surface area contributed by atoms with E-state index >= 15 is 0 Å². The van der Waals surface area contributed by atoms with Gasteiger partial charge in [-0.1, -0.05) is 15.9 Å². The SMILES string of the molecule is Cc1n[nH]c(C)c1S(=O)(=O)NCC1CCC(Br)C1. The van der Waals surface area contributed by atoms with E-state index < -0.39 is 10.0 Å². The molecule has 102 valence electrons. The zero-order valence-corrected chi connectivity index (χ0v) is 12.9. The summed E-state index contributed by atoms with van der Waals surface area (Å²) in [5.41, 5.74) is 1.11. The van der Waals surface area contributed by atoms with E-state index in [1.54, 1.807) is 13.8 Å². The summed E-state index contributed by atoms with van der Waals surface area (Å²) < 4.78 is 27.1. The standard InChI is InChI=1S/C11H18BrN3O2S/c1-7-11(8(2)15-14-7)18(16,17)13-6-9-3-4-10(12)5-9/h9-10,13H,3-6H2,1-2H3,(H,14,15). The molecule has 1 heterocycles. The molecule has 2 rings (SSSR count). The molecule has 0 aromatic carbocycles. The van der Waals surface area contributed by atoms with Crippen molar-refractivity contribution in [2.45, 2.75) is 42.8 Å². The summed E-state index contributed by atoms with van der Waals surface area (Å²) in [4.78, 5) is 0.820. The Kier molecular flexibility index (Phi) is 4.13. The van der Waals surface area contributed by atoms with Crippen LogP contribution in [0.1, 0.15) is 30.7 Å². The summed E-state index contributed by atoms with van der Waals surface area (Å²) in [6.07, 6.45) is 3.23. The first kappa shape index (κ1) is 14.0. The molecule has 0 saturated heterocycles. The smallest absolute Gasteiger partial charge is 0.244 e. The lowest BCUT2D eigenvalue weighted by Crippen LogP contribution is -2.29. The Morgan fingerprint density at radius 2 is 2.17 bits per heavy atom. The number of aromatic amines is 1. The highest BCUT2D eigenvalue weighted by molar-refractivity contribution is 9.09. The molecule has 1 saturated carbocycles. The fraction of sp³-hybridized carbons (Fsp3) is 0.727. The van der Waals surface area contributed by atoms with Gasteiger partial charge in [-0.3, -0.25) is 5.10 Å². The van der Waals surface area contributed by atoms with Crippen molar-refractivity contribution in [3.8, 4) is 0 Å². The van der Waals surface area contributed by atoms with Crippen molar-refractivity contribution in [1.29, 1.82) is 0 Å². The molecule has 0 bridgehead atoms. The number of sulfonamides is 1. The van der Waals surface area contributed by atoms with Gasteiger partial charge in [-0.15, -0.1) is 0 Å². The summed E-state index contributed by atoms with van der Waals surface area (Å²) in [5, 5.41) is 6.62. The van der Waals surface area contributed by atoms with Crippen LogP contribution in [0.4, 0.5) is 0 Å². The second kappa shape index (κ2) is 5.30. The van der Waals surface area contributed by atoms with Crippen molar-refractivity contribution < 1.29 is 8.42 Å². The summed E-state index contributed by atoms with van der Waals surface area (Å²) in [5.74, 6) is 0.427. The Morgan fingerprint density at radius 1 is 1.44 bits per heavy atom. The first-order valence-corrected chi connectivity index (χ1v) is 8.45. The van der Waals surface area contributed by atoms with Crippen LogP contribution >= 0.6 is 15.9 Å². The molecular weight excluding hydrogens is 318 g/mol. The third kappa shape index (κ3) is 2.95. The number of nitrogens with zero attached hydrogens (tertiary/aromatic N) is 1. The second-order valence-corrected chi connectivity index (χ2v) is 7.89. The topological polar surface area (TPSA) is 74.8 Å². The van der Waals surface area contributed by atoms with Crippen molar-refractivity contribution in [2.75, 3.05) is 6.54 Å². The number of hydrogen-bond donors (Lipinski definition) is 2. The van der Waals surface area contributed by atoms with Crippen LogP contribution in [0, 0.1) is 19.8 Å². The van der Waals surface area contributed by atoms with Crippen molar-refractivity contribution in [2.24, 2.45) is 5.92 Å². The number of alkyl halides is 1. The molecule has 2 N–H and O–H groups in total. The number of halogens is 1. The van der Waals surface area contributed by atoms with E-state index in [0.717, 1.165) is 19.3 Å². The first-order valence-electron chi connectivity index (χ1n) is 6.05. The van der Waals surface area contributed by atoms with E-state index in [1.165, 1.54) is 0 Å². The Labute approximate surface area is 116 Å². The zero-order chi connectivity index (χ0) is 13.3. The molecule has 2 unspecified atom stereocenters. The lowest BCUT2D eigenvalue weighted by molar-refractivity contribution is 0.520. The van der Waals surface area contributed by atoms with E-state index in [9.17, 15) is 8.42 Å². The van der Waals surface area contributed by atoms with Gasteiger partial charge in [0.15, 0.2) is 0 Å². The van der Waals surface area contributed by atoms with Gasteiger partial charge >= 0.3 is 0 Å². The number of H-pyrrole nitrogens is 1. The van der Waals surface area contributed by atoms with Gasteiger partial charge in [-0.05, 0) is 39.0 Å². The highest BCUT2D eigenvalue weighted by Gasteiger charge is 2.26. The highest BCUT2D eigenvalue weighted by atomic mass is 79.9. The maximum atomic E-state index is 12.2. The van der Waals surface area contributed by atoms with Crippen LogP contribution in [-0.2, 0) is 10.0 Å². The molecule has 18 heavy (non-hydrogen) atoms. The summed E-state index contributed by atoms with van der Waals surface area (Å²) in [6.45, 7) is 3.93. The quantitative estimate of drug-likeness (QED) is 0.825. The second-order valence-electron chi connectivity index (χ2n) is 4.89. The third-order valence-corrected chi connectivity index (χ3v) is 5.89. The maximum absolute atomic E-state index is 12.2. The van der Waals surface area contributed by atoms with E-state index in [0.29, 0.717) is 28.7 Å². The van der Waals surface area contributed by atoms with Crippen LogP contribution in [0.2, 0.25) is 0 Å². The van der Waals surface area contributed by atoms with Gasteiger partial charge in [0, 0.05) is 11.4 Å². The Hall–Kier alpha value is -0.400. The molecule has 5 nitrogen and oxygen atoms in total. The predicted molar refractivity (Wildman–Crippen MR) is 73.3 cm³/mol. The lowest BCUT2D eigenvalue weighted by Gasteiger charge is -2.11. The molecule has 1 aromatic heterocycles. The van der Waals surface area contributed by atoms with Crippen molar-refractivity contribution >= 4 is 26.0 Å². The Balaban J connectivity index is 2.04. The molecule has 0 spiro atoms. The van der Waals surface area contributed by atoms with Crippen LogP contribution in [0.25, 0.3) is 0 Å². The molecule has 0 aliphatic heterocycles. The normalized spacial score (nSPS) is 24.6. The van der Waals surface area contributed by atoms with Crippen molar-refractivity contribution in [3.05, 3.63) is 11.4 Å². The van der Waals surface area contributed by atoms with E-state index in [4.69, 9.17) is 0 Å². The van der Waals surface area contributed by atoms with Crippen molar-refractivity contribution in [1.82, 2.24) is 14.9 Å². The average Bonchev–Trinajstić information content (AvgIpc) is 2.83. The summed E-state index contributed by atoms with van der Waals surface area (Å²) >= 11 is 3.57. The van der Waals surface area contributed by atoms with E-state index in [-0.39, 0.29) is 4.90 Å². The van der Waals surface area contributed by atoms with Gasteiger partial charge in [0.05, 0.1) is 11.4 Å². The van der Waals surface area contributed by atoms with Crippen molar-refractivity contribution in [3.63, 3.8) is 0 Å². The molecule has 1 aliphatic carbocycles. The minimum Gasteiger partial charge on any atom is -0.281 e. The number of hydrogen-bond acceptors (Lipinski definition) is 3. The molecular formula is C11H18BrN3O2S. The van der Waals surface area contributed by atoms with E-state index in [2.05, 4.69) is 30.8 Å². The van der Waals surface area contributed by atoms with Crippen LogP contribution in [0.15, 0.2) is 4.90 Å². The fourth-order valence-electron chi connectivity index (χ4n) is 2.44. The summed E-state index contributed by atoms with van der Waals surface area (Å²) in [7, 11) is -3.44. The molecule has 1 fully saturated rings. The van der Waals surface area contributed by atoms with Gasteiger partial charge in [0.25, 0.3) is 0 Å². The highest BCUT2D eigenvalue weighted by Crippen LogP contribution is 2.30. The van der Waals surface area contributed by atoms with Crippen LogP contribution in [0.5, 0.6) is 0 Å². The molecule has 2 atom stereocenters. The van der Waals surface area contributed by atoms with Crippen LogP contribution < -0.4 is 4.72 Å². The summed E-state index contributed by atoms with van der Waals surface area (Å²) in [6, 6.07) is 0. The molecule has 0 radical (unpaired) electrons. The van der Waals surface area contributed by atoms with E-state index in [1.807, 2.05) is 0 Å². The van der Waals surface area contributed by atoms with Gasteiger partial charge in [0.1, 0.15) is 4.90 Å². The van der Waals surface area contributed by atoms with Gasteiger partial charge in [0.2, 0.25) is 10.0 Å².